The maximum atomic E-state index is 6.89. The Morgan fingerprint density at radius 1 is 0.277 bits per heavy atom. The normalized spacial score (nSPS) is 11.8. The molecule has 2 heteroatoms. The van der Waals surface area contributed by atoms with Gasteiger partial charge in [0.15, 0.2) is 0 Å². The third-order valence-corrected chi connectivity index (χ3v) is 13.5. The van der Waals surface area contributed by atoms with Crippen molar-refractivity contribution in [2.45, 2.75) is 6.54 Å². The summed E-state index contributed by atoms with van der Waals surface area (Å²) < 4.78 is 6.89. The molecule has 0 aliphatic carbocycles. The van der Waals surface area contributed by atoms with E-state index in [9.17, 15) is 0 Å². The van der Waals surface area contributed by atoms with Crippen LogP contribution in [0.1, 0.15) is 5.56 Å². The van der Waals surface area contributed by atoms with Crippen LogP contribution < -0.4 is 4.90 Å². The van der Waals surface area contributed by atoms with Gasteiger partial charge < -0.3 is 9.32 Å². The number of fused-ring (bicyclic) bond motifs is 11. The molecule has 1 aromatic heterocycles. The summed E-state index contributed by atoms with van der Waals surface area (Å²) in [6.07, 6.45) is 0. The first-order valence-electron chi connectivity index (χ1n) is 22.4. The molecule has 0 amide bonds. The molecule has 0 saturated carbocycles. The summed E-state index contributed by atoms with van der Waals surface area (Å²) in [5.74, 6) is 0. The lowest BCUT2D eigenvalue weighted by molar-refractivity contribution is 0.673. The van der Waals surface area contributed by atoms with Crippen molar-refractivity contribution in [2.24, 2.45) is 0 Å². The Labute approximate surface area is 376 Å². The highest BCUT2D eigenvalue weighted by Crippen LogP contribution is 2.42. The highest BCUT2D eigenvalue weighted by molar-refractivity contribution is 6.18. The van der Waals surface area contributed by atoms with Crippen LogP contribution in [0.3, 0.4) is 0 Å². The maximum absolute atomic E-state index is 6.89. The maximum Gasteiger partial charge on any atom is 0.143 e. The molecule has 65 heavy (non-hydrogen) atoms. The lowest BCUT2D eigenvalue weighted by Gasteiger charge is -2.27. The summed E-state index contributed by atoms with van der Waals surface area (Å²) in [5, 5.41) is 14.7. The first-order chi connectivity index (χ1) is 32.2. The molecule has 0 atom stereocenters. The number of hydrogen-bond acceptors (Lipinski definition) is 2. The van der Waals surface area contributed by atoms with E-state index in [2.05, 4.69) is 241 Å². The standard InChI is InChI=1S/C63H41NO/c1-8-21-52-41(14-1)32-37-59-58-27-13-26-57(63(58)65-62(52)59)51-20-7-4-17-46(51)40-64(47-33-28-42(29-34-47)60-38-44-15-2-5-18-49(44)53-22-9-11-24-55(53)60)48-35-30-43(31-36-48)61-39-45-16-3-6-19-50(45)54-23-10-12-25-56(54)61/h1-39H,40H2. The predicted octanol–water partition coefficient (Wildman–Crippen LogP) is 17.7. The molecule has 0 N–H and O–H groups in total. The van der Waals surface area contributed by atoms with E-state index in [0.717, 1.165) is 49.8 Å². The van der Waals surface area contributed by atoms with Gasteiger partial charge in [-0.3, -0.25) is 0 Å². The molecular formula is C63H41NO. The van der Waals surface area contributed by atoms with Crippen molar-refractivity contribution in [1.29, 1.82) is 0 Å². The first kappa shape index (κ1) is 37.1. The summed E-state index contributed by atoms with van der Waals surface area (Å²) in [4.78, 5) is 2.45. The topological polar surface area (TPSA) is 16.4 Å². The lowest BCUT2D eigenvalue weighted by atomic mass is 9.93. The molecule has 2 nitrogen and oxygen atoms in total. The van der Waals surface area contributed by atoms with Gasteiger partial charge in [-0.25, -0.2) is 0 Å². The van der Waals surface area contributed by atoms with Gasteiger partial charge in [-0.1, -0.05) is 194 Å². The fourth-order valence-corrected chi connectivity index (χ4v) is 10.4. The van der Waals surface area contributed by atoms with Gasteiger partial charge in [0, 0.05) is 39.6 Å². The number of benzene rings is 12. The SMILES string of the molecule is c1ccc(-c2cccc3c2oc2c4ccccc4ccc32)c(CN(c2ccc(-c3cc4ccccc4c4ccccc34)cc2)c2ccc(-c3cc4ccccc4c4ccccc34)cc2)c1. The minimum atomic E-state index is 0.645. The molecule has 0 aliphatic rings. The van der Waals surface area contributed by atoms with Gasteiger partial charge >= 0.3 is 0 Å². The van der Waals surface area contributed by atoms with Crippen LogP contribution >= 0.6 is 0 Å². The molecule has 0 unspecified atom stereocenters. The van der Waals surface area contributed by atoms with Crippen molar-refractivity contribution in [2.75, 3.05) is 4.90 Å². The molecule has 0 bridgehead atoms. The lowest BCUT2D eigenvalue weighted by Crippen LogP contribution is -2.17. The summed E-state index contributed by atoms with van der Waals surface area (Å²) in [6, 6.07) is 86.3. The predicted molar refractivity (Wildman–Crippen MR) is 276 cm³/mol. The van der Waals surface area contributed by atoms with E-state index >= 15 is 0 Å². The second-order valence-electron chi connectivity index (χ2n) is 17.2. The zero-order valence-electron chi connectivity index (χ0n) is 35.6. The summed E-state index contributed by atoms with van der Waals surface area (Å²) in [7, 11) is 0. The number of nitrogens with zero attached hydrogens (tertiary/aromatic N) is 1. The number of rotatable bonds is 7. The van der Waals surface area contributed by atoms with Gasteiger partial charge in [0.25, 0.3) is 0 Å². The van der Waals surface area contributed by atoms with Gasteiger partial charge in [0.1, 0.15) is 11.2 Å². The van der Waals surface area contributed by atoms with E-state index < -0.39 is 0 Å². The summed E-state index contributed by atoms with van der Waals surface area (Å²) >= 11 is 0. The van der Waals surface area contributed by atoms with E-state index in [1.54, 1.807) is 0 Å². The van der Waals surface area contributed by atoms with E-state index in [4.69, 9.17) is 4.42 Å². The van der Waals surface area contributed by atoms with Crippen molar-refractivity contribution in [3.63, 3.8) is 0 Å². The Kier molecular flexibility index (Phi) is 8.63. The Bertz CT molecular complexity index is 3810. The van der Waals surface area contributed by atoms with E-state index in [1.165, 1.54) is 76.3 Å². The van der Waals surface area contributed by atoms with Crippen molar-refractivity contribution in [3.8, 4) is 33.4 Å². The smallest absolute Gasteiger partial charge is 0.143 e. The van der Waals surface area contributed by atoms with Crippen LogP contribution in [0.5, 0.6) is 0 Å². The number of furan rings is 1. The fourth-order valence-electron chi connectivity index (χ4n) is 10.4. The van der Waals surface area contributed by atoms with Crippen LogP contribution in [-0.2, 0) is 6.54 Å². The van der Waals surface area contributed by atoms with Crippen LogP contribution in [0.2, 0.25) is 0 Å². The van der Waals surface area contributed by atoms with Gasteiger partial charge in [-0.05, 0) is 124 Å². The van der Waals surface area contributed by atoms with Crippen molar-refractivity contribution < 1.29 is 4.42 Å². The molecule has 0 fully saturated rings. The Morgan fingerprint density at radius 3 is 1.32 bits per heavy atom. The third-order valence-electron chi connectivity index (χ3n) is 13.5. The molecule has 0 spiro atoms. The zero-order valence-corrected chi connectivity index (χ0v) is 35.6. The molecule has 1 heterocycles. The van der Waals surface area contributed by atoms with Crippen LogP contribution in [0, 0.1) is 0 Å². The molecule has 13 aromatic rings. The van der Waals surface area contributed by atoms with E-state index in [0.29, 0.717) is 6.54 Å². The number of anilines is 2. The highest BCUT2D eigenvalue weighted by Gasteiger charge is 2.20. The molecule has 12 aromatic carbocycles. The second kappa shape index (κ2) is 15.1. The summed E-state index contributed by atoms with van der Waals surface area (Å²) in [6.45, 7) is 0.645. The average molecular weight is 828 g/mol. The van der Waals surface area contributed by atoms with Crippen LogP contribution in [0.4, 0.5) is 11.4 Å². The second-order valence-corrected chi connectivity index (χ2v) is 17.2. The highest BCUT2D eigenvalue weighted by atomic mass is 16.3. The quantitative estimate of drug-likeness (QED) is 0.149. The minimum Gasteiger partial charge on any atom is -0.455 e. The molecule has 0 saturated heterocycles. The zero-order chi connectivity index (χ0) is 42.8. The van der Waals surface area contributed by atoms with Gasteiger partial charge in [0.2, 0.25) is 0 Å². The fraction of sp³-hybridized carbons (Fsp3) is 0.0159. The van der Waals surface area contributed by atoms with Gasteiger partial charge in [-0.2, -0.15) is 0 Å². The Hall–Kier alpha value is -8.46. The number of hydrogen-bond donors (Lipinski definition) is 0. The van der Waals surface area contributed by atoms with Crippen LogP contribution in [0.25, 0.3) is 109 Å². The average Bonchev–Trinajstić information content (AvgIpc) is 3.78. The molecule has 0 aliphatic heterocycles. The van der Waals surface area contributed by atoms with Gasteiger partial charge in [0.05, 0.1) is 0 Å². The first-order valence-corrected chi connectivity index (χ1v) is 22.4. The Morgan fingerprint density at radius 2 is 0.723 bits per heavy atom. The molecular weight excluding hydrogens is 787 g/mol. The van der Waals surface area contributed by atoms with Crippen LogP contribution in [-0.4, -0.2) is 0 Å². The molecule has 13 rings (SSSR count). The van der Waals surface area contributed by atoms with E-state index in [1.807, 2.05) is 0 Å². The Balaban J connectivity index is 0.946. The monoisotopic (exact) mass is 827 g/mol. The molecule has 0 radical (unpaired) electrons. The van der Waals surface area contributed by atoms with Gasteiger partial charge in [-0.15, -0.1) is 0 Å². The van der Waals surface area contributed by atoms with Crippen molar-refractivity contribution in [3.05, 3.63) is 242 Å². The van der Waals surface area contributed by atoms with E-state index in [-0.39, 0.29) is 0 Å². The largest absolute Gasteiger partial charge is 0.455 e. The number of para-hydroxylation sites is 1. The summed E-state index contributed by atoms with van der Waals surface area (Å²) in [5.41, 5.74) is 12.4. The van der Waals surface area contributed by atoms with Crippen LogP contribution in [0.15, 0.2) is 241 Å². The van der Waals surface area contributed by atoms with Crippen molar-refractivity contribution >= 4 is 87.2 Å². The molecule has 304 valence electrons. The minimum absolute atomic E-state index is 0.645. The van der Waals surface area contributed by atoms with Crippen molar-refractivity contribution in [1.82, 2.24) is 0 Å². The third kappa shape index (κ3) is 6.18.